The van der Waals surface area contributed by atoms with Crippen LogP contribution in [-0.2, 0) is 20.9 Å². The van der Waals surface area contributed by atoms with Gasteiger partial charge in [-0.2, -0.15) is 13.2 Å². The maximum atomic E-state index is 13.7. The summed E-state index contributed by atoms with van der Waals surface area (Å²) in [7, 11) is 1.43. The zero-order chi connectivity index (χ0) is 29.5. The third-order valence-electron chi connectivity index (χ3n) is 7.66. The molecule has 0 N–H and O–H groups in total. The summed E-state index contributed by atoms with van der Waals surface area (Å²) < 4.78 is 64.9. The molecule has 1 fully saturated rings. The van der Waals surface area contributed by atoms with Crippen molar-refractivity contribution in [2.45, 2.75) is 50.0 Å². The maximum Gasteiger partial charge on any atom is 0.411 e. The lowest BCUT2D eigenvalue weighted by atomic mass is 9.83. The number of allylic oxidation sites excluding steroid dienone is 2. The Labute approximate surface area is 232 Å². The van der Waals surface area contributed by atoms with Gasteiger partial charge in [0.25, 0.3) is 0 Å². The van der Waals surface area contributed by atoms with Crippen molar-refractivity contribution in [3.63, 3.8) is 0 Å². The molecule has 1 aliphatic heterocycles. The lowest BCUT2D eigenvalue weighted by molar-refractivity contribution is -0.187. The number of hydrogen-bond donors (Lipinski definition) is 0. The van der Waals surface area contributed by atoms with Gasteiger partial charge >= 0.3 is 18.3 Å². The van der Waals surface area contributed by atoms with Crippen molar-refractivity contribution < 1.29 is 41.4 Å². The molecular formula is C28H26F4N4O5. The molecule has 2 heterocycles. The zero-order valence-corrected chi connectivity index (χ0v) is 22.2. The first-order valence-electron chi connectivity index (χ1n) is 12.8. The van der Waals surface area contributed by atoms with E-state index in [1.54, 1.807) is 12.2 Å². The average Bonchev–Trinajstić information content (AvgIpc) is 3.46. The van der Waals surface area contributed by atoms with Gasteiger partial charge in [0.2, 0.25) is 5.91 Å². The Morgan fingerprint density at radius 1 is 1.22 bits per heavy atom. The van der Waals surface area contributed by atoms with E-state index in [1.807, 2.05) is 0 Å². The summed E-state index contributed by atoms with van der Waals surface area (Å²) in [4.78, 5) is 49.2. The van der Waals surface area contributed by atoms with Crippen LogP contribution in [0.25, 0.3) is 0 Å². The Bertz CT molecular complexity index is 1420. The minimum Gasteiger partial charge on any atom is -0.467 e. The quantitative estimate of drug-likeness (QED) is 0.459. The van der Waals surface area contributed by atoms with Gasteiger partial charge in [0.05, 0.1) is 19.6 Å². The molecule has 41 heavy (non-hydrogen) atoms. The highest BCUT2D eigenvalue weighted by molar-refractivity contribution is 6.05. The standard InChI is InChI=1S/C28H26F4N4O5/c1-16(28(30,31)32)36(13-17-3-5-19(29)6-4-17)23(37)14-35-15-27(41-26(35)39)10-9-21-22(27)8-7-20(24(21)38)18-11-33-25(40-2)34-12-18/h3-8,11-12,16,20H,9-10,13-15H2,1-2H3/t16-,20?,27-/m0/s1. The number of ketones is 1. The zero-order valence-electron chi connectivity index (χ0n) is 22.2. The van der Waals surface area contributed by atoms with E-state index in [2.05, 4.69) is 9.97 Å². The molecule has 1 aromatic heterocycles. The van der Waals surface area contributed by atoms with E-state index < -0.39 is 54.6 Å². The van der Waals surface area contributed by atoms with Crippen LogP contribution in [0.1, 0.15) is 36.8 Å². The maximum absolute atomic E-state index is 13.7. The Balaban J connectivity index is 1.33. The van der Waals surface area contributed by atoms with Crippen LogP contribution in [0.3, 0.4) is 0 Å². The van der Waals surface area contributed by atoms with Crippen LogP contribution >= 0.6 is 0 Å². The number of carbonyl (C=O) groups excluding carboxylic acids is 3. The smallest absolute Gasteiger partial charge is 0.411 e. The van der Waals surface area contributed by atoms with Crippen molar-refractivity contribution in [3.05, 3.63) is 76.9 Å². The molecule has 216 valence electrons. The van der Waals surface area contributed by atoms with Crippen LogP contribution in [0.5, 0.6) is 6.01 Å². The summed E-state index contributed by atoms with van der Waals surface area (Å²) >= 11 is 0. The van der Waals surface area contributed by atoms with Gasteiger partial charge in [-0.3, -0.25) is 14.5 Å². The summed E-state index contributed by atoms with van der Waals surface area (Å²) in [6, 6.07) is 2.77. The number of Topliss-reactive ketones (excluding diaryl/α,β-unsaturated/α-hetero) is 1. The van der Waals surface area contributed by atoms with Gasteiger partial charge in [0, 0.05) is 35.6 Å². The van der Waals surface area contributed by atoms with Gasteiger partial charge in [-0.05, 0) is 37.5 Å². The molecule has 0 radical (unpaired) electrons. The predicted molar refractivity (Wildman–Crippen MR) is 135 cm³/mol. The number of nitrogens with zero attached hydrogens (tertiary/aromatic N) is 4. The summed E-state index contributed by atoms with van der Waals surface area (Å²) in [6.07, 6.45) is 1.39. The summed E-state index contributed by atoms with van der Waals surface area (Å²) in [5.74, 6) is -2.34. The number of alkyl halides is 3. The Kier molecular flexibility index (Phi) is 7.30. The van der Waals surface area contributed by atoms with Crippen LogP contribution in [0, 0.1) is 5.82 Å². The number of benzene rings is 1. The number of methoxy groups -OCH3 is 1. The number of aromatic nitrogens is 2. The summed E-state index contributed by atoms with van der Waals surface area (Å²) in [6.45, 7) is -0.345. The number of rotatable bonds is 7. The second kappa shape index (κ2) is 10.6. The fourth-order valence-corrected chi connectivity index (χ4v) is 5.39. The topological polar surface area (TPSA) is 102 Å². The van der Waals surface area contributed by atoms with Crippen molar-refractivity contribution in [3.8, 4) is 6.01 Å². The fourth-order valence-electron chi connectivity index (χ4n) is 5.39. The monoisotopic (exact) mass is 574 g/mol. The summed E-state index contributed by atoms with van der Waals surface area (Å²) in [5, 5.41) is 0. The van der Waals surface area contributed by atoms with Crippen molar-refractivity contribution in [1.82, 2.24) is 19.8 Å². The van der Waals surface area contributed by atoms with Crippen LogP contribution in [0.15, 0.2) is 60.0 Å². The first-order chi connectivity index (χ1) is 19.4. The SMILES string of the molecule is COc1ncc(C2C=CC3=C(CC[C@]34CN(CC(=O)N(Cc3ccc(F)cc3)[C@@H](C)C(F)(F)F)C(=O)O4)C2=O)cn1. The molecule has 2 amide bonds. The van der Waals surface area contributed by atoms with Crippen LogP contribution in [0.2, 0.25) is 0 Å². The first-order valence-corrected chi connectivity index (χ1v) is 12.8. The molecule has 2 aromatic rings. The van der Waals surface area contributed by atoms with Crippen LogP contribution in [-0.4, -0.2) is 75.6 Å². The Morgan fingerprint density at radius 2 is 1.90 bits per heavy atom. The van der Waals surface area contributed by atoms with Gasteiger partial charge in [-0.15, -0.1) is 0 Å². The van der Waals surface area contributed by atoms with Gasteiger partial charge in [0.1, 0.15) is 18.4 Å². The molecule has 0 bridgehead atoms. The van der Waals surface area contributed by atoms with E-state index in [0.717, 1.165) is 24.0 Å². The van der Waals surface area contributed by atoms with Crippen LogP contribution < -0.4 is 4.74 Å². The molecule has 1 spiro atoms. The Hall–Kier alpha value is -4.29. The molecule has 1 saturated heterocycles. The van der Waals surface area contributed by atoms with Gasteiger partial charge in [-0.1, -0.05) is 24.3 Å². The molecule has 5 rings (SSSR count). The van der Waals surface area contributed by atoms with E-state index in [9.17, 15) is 31.9 Å². The van der Waals surface area contributed by atoms with Crippen LogP contribution in [0.4, 0.5) is 22.4 Å². The van der Waals surface area contributed by atoms with Gasteiger partial charge in [-0.25, -0.2) is 19.2 Å². The molecule has 1 unspecified atom stereocenters. The largest absolute Gasteiger partial charge is 0.467 e. The lowest BCUT2D eigenvalue weighted by Gasteiger charge is -2.32. The third-order valence-corrected chi connectivity index (χ3v) is 7.66. The fraction of sp³-hybridized carbons (Fsp3) is 0.393. The van der Waals surface area contributed by atoms with Gasteiger partial charge in [0.15, 0.2) is 11.4 Å². The molecule has 0 saturated carbocycles. The van der Waals surface area contributed by atoms with Gasteiger partial charge < -0.3 is 14.4 Å². The minimum atomic E-state index is -4.73. The second-order valence-electron chi connectivity index (χ2n) is 10.2. The molecular weight excluding hydrogens is 548 g/mol. The molecule has 9 nitrogen and oxygen atoms in total. The Morgan fingerprint density at radius 3 is 2.54 bits per heavy atom. The molecule has 1 aromatic carbocycles. The van der Waals surface area contributed by atoms with E-state index in [1.165, 1.54) is 31.6 Å². The second-order valence-corrected chi connectivity index (χ2v) is 10.2. The average molecular weight is 575 g/mol. The first kappa shape index (κ1) is 28.2. The van der Waals surface area contributed by atoms with Crippen molar-refractivity contribution in [2.75, 3.05) is 20.2 Å². The normalized spacial score (nSPS) is 22.7. The van der Waals surface area contributed by atoms with E-state index in [4.69, 9.17) is 9.47 Å². The predicted octanol–water partition coefficient (Wildman–Crippen LogP) is 4.11. The number of halogens is 4. The molecule has 13 heteroatoms. The molecule has 3 aliphatic rings. The molecule has 3 atom stereocenters. The number of hydrogen-bond acceptors (Lipinski definition) is 7. The number of ether oxygens (including phenoxy) is 2. The highest BCUT2D eigenvalue weighted by atomic mass is 19.4. The van der Waals surface area contributed by atoms with Crippen molar-refractivity contribution >= 4 is 17.8 Å². The van der Waals surface area contributed by atoms with Crippen molar-refractivity contribution in [1.29, 1.82) is 0 Å². The number of fused-ring (bicyclic) bond motifs is 1. The van der Waals surface area contributed by atoms with E-state index in [-0.39, 0.29) is 24.8 Å². The summed E-state index contributed by atoms with van der Waals surface area (Å²) in [5.41, 5.74) is 0.665. The number of carbonyl (C=O) groups is 3. The minimum absolute atomic E-state index is 0.102. The third kappa shape index (κ3) is 5.40. The van der Waals surface area contributed by atoms with Crippen molar-refractivity contribution in [2.24, 2.45) is 0 Å². The highest BCUT2D eigenvalue weighted by Crippen LogP contribution is 2.47. The lowest BCUT2D eigenvalue weighted by Crippen LogP contribution is -2.50. The number of amides is 2. The van der Waals surface area contributed by atoms with E-state index in [0.29, 0.717) is 33.6 Å². The highest BCUT2D eigenvalue weighted by Gasteiger charge is 2.54. The molecule has 2 aliphatic carbocycles. The van der Waals surface area contributed by atoms with E-state index >= 15 is 0 Å².